The van der Waals surface area contributed by atoms with E-state index in [0.29, 0.717) is 6.42 Å². The zero-order chi connectivity index (χ0) is 17.6. The Labute approximate surface area is 148 Å². The summed E-state index contributed by atoms with van der Waals surface area (Å²) in [6.07, 6.45) is 11.2. The highest BCUT2D eigenvalue weighted by Gasteiger charge is 2.29. The molecule has 2 N–H and O–H groups in total. The van der Waals surface area contributed by atoms with Gasteiger partial charge >= 0.3 is 0 Å². The fraction of sp³-hybridized carbons (Fsp3) is 0.333. The highest BCUT2D eigenvalue weighted by atomic mass is 16.2. The minimum atomic E-state index is -0.0821. The molecule has 0 aromatic heterocycles. The highest BCUT2D eigenvalue weighted by Crippen LogP contribution is 2.29. The van der Waals surface area contributed by atoms with Gasteiger partial charge in [0.15, 0.2) is 0 Å². The molecule has 0 fully saturated rings. The van der Waals surface area contributed by atoms with E-state index in [1.54, 1.807) is 6.08 Å². The molecule has 0 bridgehead atoms. The van der Waals surface area contributed by atoms with E-state index in [9.17, 15) is 9.59 Å². The lowest BCUT2D eigenvalue weighted by Crippen LogP contribution is -2.44. The molecular formula is C21H24N2O2. The molecule has 2 aliphatic rings. The van der Waals surface area contributed by atoms with Gasteiger partial charge in [-0.05, 0) is 30.6 Å². The van der Waals surface area contributed by atoms with Crippen LogP contribution in [0.15, 0.2) is 65.9 Å². The molecule has 1 heterocycles. The van der Waals surface area contributed by atoms with Crippen molar-refractivity contribution >= 4 is 11.8 Å². The van der Waals surface area contributed by atoms with Crippen LogP contribution in [0.5, 0.6) is 0 Å². The van der Waals surface area contributed by atoms with Crippen molar-refractivity contribution in [3.8, 4) is 0 Å². The summed E-state index contributed by atoms with van der Waals surface area (Å²) in [5.74, 6) is 0.0947. The number of fused-ring (bicyclic) bond motifs is 1. The Morgan fingerprint density at radius 3 is 2.80 bits per heavy atom. The zero-order valence-corrected chi connectivity index (χ0v) is 14.5. The van der Waals surface area contributed by atoms with Crippen molar-refractivity contribution in [3.63, 3.8) is 0 Å². The molecule has 1 aliphatic carbocycles. The summed E-state index contributed by atoms with van der Waals surface area (Å²) in [6, 6.07) is 9.58. The maximum atomic E-state index is 12.2. The monoisotopic (exact) mass is 336 g/mol. The first-order chi connectivity index (χ1) is 12.2. The number of amides is 2. The third-order valence-electron chi connectivity index (χ3n) is 4.59. The second-order valence-corrected chi connectivity index (χ2v) is 6.57. The predicted octanol–water partition coefficient (Wildman–Crippen LogP) is 3.03. The molecule has 4 nitrogen and oxygen atoms in total. The van der Waals surface area contributed by atoms with E-state index >= 15 is 0 Å². The number of nitrogens with one attached hydrogen (secondary N) is 2. The Morgan fingerprint density at radius 1 is 1.24 bits per heavy atom. The number of carbonyl (C=O) groups is 2. The van der Waals surface area contributed by atoms with Gasteiger partial charge in [-0.3, -0.25) is 9.59 Å². The van der Waals surface area contributed by atoms with Crippen LogP contribution in [-0.4, -0.2) is 17.9 Å². The van der Waals surface area contributed by atoms with Crippen molar-refractivity contribution in [3.05, 3.63) is 71.5 Å². The van der Waals surface area contributed by atoms with E-state index in [-0.39, 0.29) is 23.8 Å². The smallest absolute Gasteiger partial charge is 0.244 e. The maximum Gasteiger partial charge on any atom is 0.244 e. The fourth-order valence-electron chi connectivity index (χ4n) is 3.33. The third-order valence-corrected chi connectivity index (χ3v) is 4.59. The second kappa shape index (κ2) is 7.97. The van der Waals surface area contributed by atoms with Crippen molar-refractivity contribution in [1.29, 1.82) is 0 Å². The lowest BCUT2D eigenvalue weighted by atomic mass is 9.82. The summed E-state index contributed by atoms with van der Waals surface area (Å²) in [5, 5.41) is 5.92. The molecule has 2 unspecified atom stereocenters. The van der Waals surface area contributed by atoms with Crippen LogP contribution in [0.25, 0.3) is 0 Å². The van der Waals surface area contributed by atoms with Gasteiger partial charge in [-0.2, -0.15) is 0 Å². The number of unbranched alkanes of at least 4 members (excludes halogenated alkanes) is 1. The number of hydrogen-bond acceptors (Lipinski definition) is 2. The lowest BCUT2D eigenvalue weighted by Gasteiger charge is -2.32. The molecule has 130 valence electrons. The van der Waals surface area contributed by atoms with Crippen molar-refractivity contribution in [2.45, 2.75) is 38.6 Å². The van der Waals surface area contributed by atoms with Crippen LogP contribution in [0.1, 0.15) is 31.7 Å². The standard InChI is InChI=1S/C21H24N2O2/c1-2-3-9-16-13-21(25)23-19-14-17(10-11-18(16)19)22-20(24)12-15-7-5-4-6-8-15/h4-8,10-11,13-14,18-19H,2-3,9,12H2,1H3,(H,22,24)(H,23,25). The summed E-state index contributed by atoms with van der Waals surface area (Å²) in [7, 11) is 0. The second-order valence-electron chi connectivity index (χ2n) is 6.57. The molecule has 0 saturated heterocycles. The summed E-state index contributed by atoms with van der Waals surface area (Å²) >= 11 is 0. The molecule has 1 aromatic carbocycles. The number of allylic oxidation sites excluding steroid dienone is 1. The molecule has 0 radical (unpaired) electrons. The van der Waals surface area contributed by atoms with Gasteiger partial charge in [-0.15, -0.1) is 0 Å². The quantitative estimate of drug-likeness (QED) is 0.839. The molecule has 25 heavy (non-hydrogen) atoms. The van der Waals surface area contributed by atoms with Gasteiger partial charge in [0.2, 0.25) is 11.8 Å². The Balaban J connectivity index is 1.64. The van der Waals surface area contributed by atoms with Gasteiger partial charge in [-0.25, -0.2) is 0 Å². The first-order valence-electron chi connectivity index (χ1n) is 8.90. The average Bonchev–Trinajstić information content (AvgIpc) is 2.60. The Morgan fingerprint density at radius 2 is 2.04 bits per heavy atom. The molecule has 2 atom stereocenters. The zero-order valence-electron chi connectivity index (χ0n) is 14.5. The number of benzene rings is 1. The van der Waals surface area contributed by atoms with E-state index in [4.69, 9.17) is 0 Å². The van der Waals surface area contributed by atoms with Crippen LogP contribution in [-0.2, 0) is 16.0 Å². The fourth-order valence-corrected chi connectivity index (χ4v) is 3.33. The summed E-state index contributed by atoms with van der Waals surface area (Å²) < 4.78 is 0. The van der Waals surface area contributed by atoms with Gasteiger partial charge in [0.1, 0.15) is 0 Å². The first-order valence-corrected chi connectivity index (χ1v) is 8.90. The number of rotatable bonds is 6. The first kappa shape index (κ1) is 17.2. The number of hydrogen-bond donors (Lipinski definition) is 2. The van der Waals surface area contributed by atoms with Crippen LogP contribution >= 0.6 is 0 Å². The molecule has 1 aromatic rings. The molecular weight excluding hydrogens is 312 g/mol. The van der Waals surface area contributed by atoms with Crippen molar-refractivity contribution < 1.29 is 9.59 Å². The van der Waals surface area contributed by atoms with E-state index in [1.165, 1.54) is 5.57 Å². The maximum absolute atomic E-state index is 12.2. The van der Waals surface area contributed by atoms with Crippen LogP contribution in [0.4, 0.5) is 0 Å². The molecule has 2 amide bonds. The third kappa shape index (κ3) is 4.47. The summed E-state index contributed by atoms with van der Waals surface area (Å²) in [4.78, 5) is 24.2. The van der Waals surface area contributed by atoms with Crippen molar-refractivity contribution in [2.24, 2.45) is 5.92 Å². The van der Waals surface area contributed by atoms with Gasteiger partial charge in [0, 0.05) is 17.7 Å². The summed E-state index contributed by atoms with van der Waals surface area (Å²) in [6.45, 7) is 2.15. The average molecular weight is 336 g/mol. The Kier molecular flexibility index (Phi) is 5.49. The van der Waals surface area contributed by atoms with Gasteiger partial charge < -0.3 is 10.6 Å². The molecule has 4 heteroatoms. The van der Waals surface area contributed by atoms with Crippen LogP contribution in [0, 0.1) is 5.92 Å². The van der Waals surface area contributed by atoms with Crippen LogP contribution < -0.4 is 10.6 Å². The Hall–Kier alpha value is -2.62. The van der Waals surface area contributed by atoms with Crippen LogP contribution in [0.2, 0.25) is 0 Å². The van der Waals surface area contributed by atoms with E-state index < -0.39 is 0 Å². The van der Waals surface area contributed by atoms with E-state index in [0.717, 1.165) is 30.5 Å². The summed E-state index contributed by atoms with van der Waals surface area (Å²) in [5.41, 5.74) is 2.91. The van der Waals surface area contributed by atoms with Crippen molar-refractivity contribution in [2.75, 3.05) is 0 Å². The van der Waals surface area contributed by atoms with Crippen molar-refractivity contribution in [1.82, 2.24) is 10.6 Å². The van der Waals surface area contributed by atoms with Gasteiger partial charge in [-0.1, -0.05) is 55.3 Å². The predicted molar refractivity (Wildman–Crippen MR) is 98.5 cm³/mol. The normalized spacial score (nSPS) is 21.7. The minimum Gasteiger partial charge on any atom is -0.345 e. The van der Waals surface area contributed by atoms with Gasteiger partial charge in [0.25, 0.3) is 0 Å². The Bertz CT molecular complexity index is 732. The SMILES string of the molecule is CCCCC1=CC(=O)NC2C=C(NC(=O)Cc3ccccc3)C=CC12. The minimum absolute atomic E-state index is 0.0473. The van der Waals surface area contributed by atoms with E-state index in [1.807, 2.05) is 42.5 Å². The van der Waals surface area contributed by atoms with Crippen LogP contribution in [0.3, 0.4) is 0 Å². The highest BCUT2D eigenvalue weighted by molar-refractivity contribution is 5.90. The lowest BCUT2D eigenvalue weighted by molar-refractivity contribution is -0.119. The largest absolute Gasteiger partial charge is 0.345 e. The topological polar surface area (TPSA) is 58.2 Å². The molecule has 0 spiro atoms. The van der Waals surface area contributed by atoms with Gasteiger partial charge in [0.05, 0.1) is 12.5 Å². The molecule has 1 aliphatic heterocycles. The van der Waals surface area contributed by atoms with E-state index in [2.05, 4.69) is 23.6 Å². The molecule has 0 saturated carbocycles. The number of carbonyl (C=O) groups excluding carboxylic acids is 2. The molecule has 3 rings (SSSR count).